The zero-order valence-corrected chi connectivity index (χ0v) is 14.1. The first-order valence-corrected chi connectivity index (χ1v) is 7.46. The molecule has 1 atom stereocenters. The predicted molar refractivity (Wildman–Crippen MR) is 86.2 cm³/mol. The van der Waals surface area contributed by atoms with Crippen molar-refractivity contribution < 1.29 is 9.53 Å². The molecule has 0 unspecified atom stereocenters. The molecule has 0 bridgehead atoms. The van der Waals surface area contributed by atoms with E-state index >= 15 is 0 Å². The predicted octanol–water partition coefficient (Wildman–Crippen LogP) is 3.15. The number of hydrogen-bond acceptors (Lipinski definition) is 3. The van der Waals surface area contributed by atoms with Crippen LogP contribution in [0.25, 0.3) is 0 Å². The number of aryl methyl sites for hydroxylation is 1. The second-order valence-electron chi connectivity index (χ2n) is 5.05. The molecular weight excluding hydrogens is 325 g/mol. The number of carbonyl (C=O) groups excluding carboxylic acids is 1. The zero-order valence-electron chi connectivity index (χ0n) is 12.6. The van der Waals surface area contributed by atoms with Gasteiger partial charge < -0.3 is 9.64 Å². The van der Waals surface area contributed by atoms with Gasteiger partial charge in [0, 0.05) is 37.4 Å². The van der Waals surface area contributed by atoms with Crippen molar-refractivity contribution in [2.24, 2.45) is 7.05 Å². The normalized spacial score (nSPS) is 12.0. The number of aromatic nitrogens is 2. The summed E-state index contributed by atoms with van der Waals surface area (Å²) in [4.78, 5) is 13.9. The molecule has 2 aromatic rings. The summed E-state index contributed by atoms with van der Waals surface area (Å²) in [5, 5.41) is 4.97. The summed E-state index contributed by atoms with van der Waals surface area (Å²) in [6, 6.07) is 4.89. The van der Waals surface area contributed by atoms with E-state index in [-0.39, 0.29) is 5.91 Å². The number of halogens is 2. The summed E-state index contributed by atoms with van der Waals surface area (Å²) in [6.45, 7) is 2.15. The van der Waals surface area contributed by atoms with E-state index in [2.05, 4.69) is 5.10 Å². The van der Waals surface area contributed by atoms with Crippen molar-refractivity contribution in [1.29, 1.82) is 0 Å². The number of rotatable bonds is 5. The van der Waals surface area contributed by atoms with Crippen LogP contribution in [0.1, 0.15) is 12.5 Å². The van der Waals surface area contributed by atoms with Crippen LogP contribution in [-0.4, -0.2) is 33.7 Å². The molecule has 0 aliphatic heterocycles. The summed E-state index contributed by atoms with van der Waals surface area (Å²) in [6.07, 6.45) is 2.94. The fourth-order valence-electron chi connectivity index (χ4n) is 2.03. The standard InChI is InChI=1S/C15H17Cl2N3O2/c1-10(22-14-5-4-12(16)6-13(14)17)15(21)19(2)8-11-7-18-20(3)9-11/h4-7,9-10H,8H2,1-3H3/t10-/m0/s1. The molecule has 0 fully saturated rings. The lowest BCUT2D eigenvalue weighted by atomic mass is 10.3. The van der Waals surface area contributed by atoms with Gasteiger partial charge in [0.1, 0.15) is 5.75 Å². The molecule has 0 N–H and O–H groups in total. The molecule has 1 aromatic heterocycles. The molecule has 0 saturated carbocycles. The van der Waals surface area contributed by atoms with E-state index in [1.54, 1.807) is 47.9 Å². The third-order valence-electron chi connectivity index (χ3n) is 3.10. The fraction of sp³-hybridized carbons (Fsp3) is 0.333. The monoisotopic (exact) mass is 341 g/mol. The molecule has 1 amide bonds. The highest BCUT2D eigenvalue weighted by Gasteiger charge is 2.20. The summed E-state index contributed by atoms with van der Waals surface area (Å²) >= 11 is 11.9. The second kappa shape index (κ2) is 7.03. The van der Waals surface area contributed by atoms with Crippen LogP contribution < -0.4 is 4.74 Å². The highest BCUT2D eigenvalue weighted by Crippen LogP contribution is 2.28. The van der Waals surface area contributed by atoms with Crippen LogP contribution in [0.15, 0.2) is 30.6 Å². The third kappa shape index (κ3) is 4.15. The number of ether oxygens (including phenoxy) is 1. The van der Waals surface area contributed by atoms with Gasteiger partial charge in [0.15, 0.2) is 6.10 Å². The van der Waals surface area contributed by atoms with Gasteiger partial charge in [-0.1, -0.05) is 23.2 Å². The van der Waals surface area contributed by atoms with Crippen molar-refractivity contribution in [3.05, 3.63) is 46.2 Å². The Morgan fingerprint density at radius 3 is 2.77 bits per heavy atom. The minimum atomic E-state index is -0.652. The molecule has 0 aliphatic carbocycles. The SMILES string of the molecule is C[C@H](Oc1ccc(Cl)cc1Cl)C(=O)N(C)Cc1cnn(C)c1. The highest BCUT2D eigenvalue weighted by molar-refractivity contribution is 6.35. The highest BCUT2D eigenvalue weighted by atomic mass is 35.5. The van der Waals surface area contributed by atoms with Gasteiger partial charge in [-0.15, -0.1) is 0 Å². The minimum Gasteiger partial charge on any atom is -0.479 e. The molecule has 22 heavy (non-hydrogen) atoms. The summed E-state index contributed by atoms with van der Waals surface area (Å²) in [7, 11) is 3.55. The van der Waals surface area contributed by atoms with Crippen LogP contribution in [0, 0.1) is 0 Å². The Labute approximate surface area is 139 Å². The summed E-state index contributed by atoms with van der Waals surface area (Å²) in [5.74, 6) is 0.288. The average Bonchev–Trinajstić information content (AvgIpc) is 2.86. The first-order valence-electron chi connectivity index (χ1n) is 6.71. The third-order valence-corrected chi connectivity index (χ3v) is 3.63. The van der Waals surface area contributed by atoms with Crippen molar-refractivity contribution in [2.45, 2.75) is 19.6 Å². The molecule has 2 rings (SSSR count). The van der Waals surface area contributed by atoms with E-state index in [4.69, 9.17) is 27.9 Å². The maximum absolute atomic E-state index is 12.3. The van der Waals surface area contributed by atoms with Crippen LogP contribution in [0.5, 0.6) is 5.75 Å². The van der Waals surface area contributed by atoms with E-state index in [1.165, 1.54) is 0 Å². The van der Waals surface area contributed by atoms with Gasteiger partial charge in [-0.25, -0.2) is 0 Å². The smallest absolute Gasteiger partial charge is 0.263 e. The number of nitrogens with zero attached hydrogens (tertiary/aromatic N) is 3. The Hall–Kier alpha value is -1.72. The van der Waals surface area contributed by atoms with Gasteiger partial charge in [-0.3, -0.25) is 9.48 Å². The van der Waals surface area contributed by atoms with E-state index in [0.717, 1.165) is 5.56 Å². The minimum absolute atomic E-state index is 0.144. The number of hydrogen-bond donors (Lipinski definition) is 0. The topological polar surface area (TPSA) is 47.4 Å². The first kappa shape index (κ1) is 16.6. The molecule has 0 spiro atoms. The Kier molecular flexibility index (Phi) is 5.32. The summed E-state index contributed by atoms with van der Waals surface area (Å²) < 4.78 is 7.32. The molecule has 7 heteroatoms. The molecule has 118 valence electrons. The van der Waals surface area contributed by atoms with Crippen molar-refractivity contribution in [2.75, 3.05) is 7.05 Å². The first-order chi connectivity index (χ1) is 10.4. The maximum Gasteiger partial charge on any atom is 0.263 e. The molecule has 0 aliphatic rings. The van der Waals surface area contributed by atoms with E-state index in [9.17, 15) is 4.79 Å². The van der Waals surface area contributed by atoms with Crippen LogP contribution in [0.3, 0.4) is 0 Å². The van der Waals surface area contributed by atoms with E-state index < -0.39 is 6.10 Å². The quantitative estimate of drug-likeness (QED) is 0.839. The van der Waals surface area contributed by atoms with Gasteiger partial charge in [-0.2, -0.15) is 5.10 Å². The maximum atomic E-state index is 12.3. The van der Waals surface area contributed by atoms with Crippen molar-refractivity contribution in [3.63, 3.8) is 0 Å². The van der Waals surface area contributed by atoms with Crippen LogP contribution in [0.4, 0.5) is 0 Å². The molecular formula is C15H17Cl2N3O2. The Bertz CT molecular complexity index is 673. The number of carbonyl (C=O) groups is 1. The molecule has 1 heterocycles. The second-order valence-corrected chi connectivity index (χ2v) is 5.90. The van der Waals surface area contributed by atoms with Crippen LogP contribution >= 0.6 is 23.2 Å². The Morgan fingerprint density at radius 2 is 2.18 bits per heavy atom. The van der Waals surface area contributed by atoms with Crippen molar-refractivity contribution in [3.8, 4) is 5.75 Å². The van der Waals surface area contributed by atoms with Crippen molar-refractivity contribution >= 4 is 29.1 Å². The van der Waals surface area contributed by atoms with Gasteiger partial charge in [-0.05, 0) is 25.1 Å². The summed E-state index contributed by atoms with van der Waals surface area (Å²) in [5.41, 5.74) is 0.954. The van der Waals surface area contributed by atoms with Crippen LogP contribution in [-0.2, 0) is 18.4 Å². The molecule has 0 radical (unpaired) electrons. The lowest BCUT2D eigenvalue weighted by Crippen LogP contribution is -2.37. The number of likely N-dealkylation sites (N-methyl/N-ethyl adjacent to an activating group) is 1. The van der Waals surface area contributed by atoms with Gasteiger partial charge in [0.25, 0.3) is 5.91 Å². The van der Waals surface area contributed by atoms with E-state index in [0.29, 0.717) is 22.3 Å². The van der Waals surface area contributed by atoms with Gasteiger partial charge in [0.2, 0.25) is 0 Å². The number of benzene rings is 1. The lowest BCUT2D eigenvalue weighted by molar-refractivity contribution is -0.137. The molecule has 5 nitrogen and oxygen atoms in total. The molecule has 0 saturated heterocycles. The zero-order chi connectivity index (χ0) is 16.3. The Balaban J connectivity index is 1.98. The molecule has 1 aromatic carbocycles. The van der Waals surface area contributed by atoms with Crippen LogP contribution in [0.2, 0.25) is 10.0 Å². The fourth-order valence-corrected chi connectivity index (χ4v) is 2.48. The average molecular weight is 342 g/mol. The van der Waals surface area contributed by atoms with Crippen molar-refractivity contribution in [1.82, 2.24) is 14.7 Å². The Morgan fingerprint density at radius 1 is 1.45 bits per heavy atom. The van der Waals surface area contributed by atoms with Gasteiger partial charge >= 0.3 is 0 Å². The number of amides is 1. The largest absolute Gasteiger partial charge is 0.479 e. The van der Waals surface area contributed by atoms with E-state index in [1.807, 2.05) is 13.2 Å². The van der Waals surface area contributed by atoms with Gasteiger partial charge in [0.05, 0.1) is 11.2 Å². The lowest BCUT2D eigenvalue weighted by Gasteiger charge is -2.22.